The molecule has 2 N–H and O–H groups in total. The molecule has 0 saturated carbocycles. The Hall–Kier alpha value is -1.56. The fourth-order valence-corrected chi connectivity index (χ4v) is 2.84. The third kappa shape index (κ3) is 4.73. The molecule has 3 unspecified atom stereocenters. The lowest BCUT2D eigenvalue weighted by Gasteiger charge is -2.29. The highest BCUT2D eigenvalue weighted by Crippen LogP contribution is 2.37. The molecule has 3 atom stereocenters. The standard InChI is InChI=1S/C16H21F3N2O/c1-11-9-13(7-8-20-11)21-15(22)10-14(16(17,18)19)12-5-3-2-4-6-12/h2-6,11,13-14,20H,7-10H2,1H3,(H,21,22). The molecule has 0 radical (unpaired) electrons. The van der Waals surface area contributed by atoms with E-state index >= 15 is 0 Å². The Labute approximate surface area is 128 Å². The Bertz CT molecular complexity index is 490. The summed E-state index contributed by atoms with van der Waals surface area (Å²) in [5.74, 6) is -2.29. The molecule has 0 aliphatic carbocycles. The zero-order valence-electron chi connectivity index (χ0n) is 12.5. The van der Waals surface area contributed by atoms with Crippen molar-refractivity contribution in [2.45, 2.75) is 50.4 Å². The van der Waals surface area contributed by atoms with Gasteiger partial charge in [0, 0.05) is 18.5 Å². The number of alkyl halides is 3. The van der Waals surface area contributed by atoms with E-state index in [2.05, 4.69) is 10.6 Å². The summed E-state index contributed by atoms with van der Waals surface area (Å²) in [4.78, 5) is 12.0. The number of piperidine rings is 1. The maximum Gasteiger partial charge on any atom is 0.396 e. The second-order valence-corrected chi connectivity index (χ2v) is 5.85. The van der Waals surface area contributed by atoms with Gasteiger partial charge in [0.25, 0.3) is 0 Å². The van der Waals surface area contributed by atoms with Gasteiger partial charge >= 0.3 is 6.18 Å². The van der Waals surface area contributed by atoms with Crippen molar-refractivity contribution in [3.63, 3.8) is 0 Å². The molecule has 1 saturated heterocycles. The fraction of sp³-hybridized carbons (Fsp3) is 0.562. The molecule has 1 aliphatic rings. The number of hydrogen-bond acceptors (Lipinski definition) is 2. The largest absolute Gasteiger partial charge is 0.396 e. The van der Waals surface area contributed by atoms with Gasteiger partial charge in [0.1, 0.15) is 0 Å². The maximum absolute atomic E-state index is 13.2. The molecular weight excluding hydrogens is 293 g/mol. The summed E-state index contributed by atoms with van der Waals surface area (Å²) in [5, 5.41) is 5.99. The monoisotopic (exact) mass is 314 g/mol. The number of halogens is 3. The lowest BCUT2D eigenvalue weighted by molar-refractivity contribution is -0.157. The summed E-state index contributed by atoms with van der Waals surface area (Å²) in [5.41, 5.74) is 0.129. The third-order valence-electron chi connectivity index (χ3n) is 3.98. The number of amides is 1. The Kier molecular flexibility index (Phi) is 5.45. The SMILES string of the molecule is CC1CC(NC(=O)CC(c2ccccc2)C(F)(F)F)CCN1. The van der Waals surface area contributed by atoms with Gasteiger partial charge < -0.3 is 10.6 Å². The van der Waals surface area contributed by atoms with Crippen LogP contribution in [-0.2, 0) is 4.79 Å². The zero-order chi connectivity index (χ0) is 16.2. The van der Waals surface area contributed by atoms with Crippen LogP contribution in [0.4, 0.5) is 13.2 Å². The molecule has 1 aromatic carbocycles. The van der Waals surface area contributed by atoms with Gasteiger partial charge in [-0.25, -0.2) is 0 Å². The minimum absolute atomic E-state index is 0.0478. The molecule has 1 fully saturated rings. The van der Waals surface area contributed by atoms with E-state index in [9.17, 15) is 18.0 Å². The molecule has 6 heteroatoms. The van der Waals surface area contributed by atoms with Gasteiger partial charge in [0.05, 0.1) is 5.92 Å². The molecule has 0 spiro atoms. The van der Waals surface area contributed by atoms with Crippen molar-refractivity contribution >= 4 is 5.91 Å². The van der Waals surface area contributed by atoms with Gasteiger partial charge in [-0.2, -0.15) is 13.2 Å². The summed E-state index contributed by atoms with van der Waals surface area (Å²) in [6.45, 7) is 2.77. The first-order chi connectivity index (χ1) is 10.4. The third-order valence-corrected chi connectivity index (χ3v) is 3.98. The number of carbonyl (C=O) groups is 1. The summed E-state index contributed by atoms with van der Waals surface area (Å²) in [7, 11) is 0. The topological polar surface area (TPSA) is 41.1 Å². The van der Waals surface area contributed by atoms with Gasteiger partial charge in [-0.15, -0.1) is 0 Å². The Morgan fingerprint density at radius 2 is 2.05 bits per heavy atom. The Balaban J connectivity index is 2.00. The van der Waals surface area contributed by atoms with Gasteiger partial charge in [-0.05, 0) is 31.9 Å². The second-order valence-electron chi connectivity index (χ2n) is 5.85. The Morgan fingerprint density at radius 3 is 2.64 bits per heavy atom. The quantitative estimate of drug-likeness (QED) is 0.897. The van der Waals surface area contributed by atoms with E-state index in [1.54, 1.807) is 18.2 Å². The molecule has 1 aliphatic heterocycles. The lowest BCUT2D eigenvalue weighted by atomic mass is 9.94. The van der Waals surface area contributed by atoms with Gasteiger partial charge in [-0.1, -0.05) is 30.3 Å². The molecular formula is C16H21F3N2O. The predicted octanol–water partition coefficient (Wildman–Crippen LogP) is 2.98. The zero-order valence-corrected chi connectivity index (χ0v) is 12.5. The van der Waals surface area contributed by atoms with Gasteiger partial charge in [0.15, 0.2) is 0 Å². The first-order valence-electron chi connectivity index (χ1n) is 7.50. The molecule has 1 aromatic rings. The average Bonchev–Trinajstić information content (AvgIpc) is 2.44. The predicted molar refractivity (Wildman–Crippen MR) is 78.5 cm³/mol. The number of rotatable bonds is 4. The highest BCUT2D eigenvalue weighted by molar-refractivity contribution is 5.77. The van der Waals surface area contributed by atoms with E-state index < -0.39 is 24.4 Å². The summed E-state index contributed by atoms with van der Waals surface area (Å²) in [6.07, 6.45) is -3.50. The van der Waals surface area contributed by atoms with Crippen molar-refractivity contribution in [2.24, 2.45) is 0 Å². The van der Waals surface area contributed by atoms with Crippen LogP contribution in [0.15, 0.2) is 30.3 Å². The number of benzene rings is 1. The van der Waals surface area contributed by atoms with Crippen LogP contribution in [0, 0.1) is 0 Å². The molecule has 1 heterocycles. The number of carbonyl (C=O) groups excluding carboxylic acids is 1. The van der Waals surface area contributed by atoms with E-state index in [4.69, 9.17) is 0 Å². The highest BCUT2D eigenvalue weighted by atomic mass is 19.4. The van der Waals surface area contributed by atoms with Crippen LogP contribution >= 0.6 is 0 Å². The molecule has 0 aromatic heterocycles. The molecule has 22 heavy (non-hydrogen) atoms. The van der Waals surface area contributed by atoms with Crippen molar-refractivity contribution < 1.29 is 18.0 Å². The lowest BCUT2D eigenvalue weighted by Crippen LogP contribution is -2.47. The maximum atomic E-state index is 13.2. The normalized spacial score (nSPS) is 23.8. The summed E-state index contributed by atoms with van der Waals surface area (Å²) < 4.78 is 39.7. The van der Waals surface area contributed by atoms with E-state index in [1.807, 2.05) is 6.92 Å². The molecule has 2 rings (SSSR count). The van der Waals surface area contributed by atoms with Crippen LogP contribution in [0.3, 0.4) is 0 Å². The first-order valence-corrected chi connectivity index (χ1v) is 7.50. The minimum Gasteiger partial charge on any atom is -0.353 e. The average molecular weight is 314 g/mol. The minimum atomic E-state index is -4.43. The van der Waals surface area contributed by atoms with Crippen molar-refractivity contribution in [3.8, 4) is 0 Å². The first kappa shape index (κ1) is 16.8. The second kappa shape index (κ2) is 7.13. The molecule has 122 valence electrons. The van der Waals surface area contributed by atoms with Crippen LogP contribution < -0.4 is 10.6 Å². The van der Waals surface area contributed by atoms with E-state index in [-0.39, 0.29) is 17.6 Å². The van der Waals surface area contributed by atoms with Crippen LogP contribution in [0.25, 0.3) is 0 Å². The van der Waals surface area contributed by atoms with Crippen molar-refractivity contribution in [1.29, 1.82) is 0 Å². The molecule has 0 bridgehead atoms. The van der Waals surface area contributed by atoms with Crippen molar-refractivity contribution in [3.05, 3.63) is 35.9 Å². The van der Waals surface area contributed by atoms with Crippen molar-refractivity contribution in [1.82, 2.24) is 10.6 Å². The molecule has 1 amide bonds. The van der Waals surface area contributed by atoms with Crippen molar-refractivity contribution in [2.75, 3.05) is 6.54 Å². The van der Waals surface area contributed by atoms with Crippen LogP contribution in [-0.4, -0.2) is 30.7 Å². The van der Waals surface area contributed by atoms with Crippen LogP contribution in [0.2, 0.25) is 0 Å². The fourth-order valence-electron chi connectivity index (χ4n) is 2.84. The van der Waals surface area contributed by atoms with E-state index in [1.165, 1.54) is 12.1 Å². The van der Waals surface area contributed by atoms with Crippen LogP contribution in [0.1, 0.15) is 37.7 Å². The number of hydrogen-bond donors (Lipinski definition) is 2. The van der Waals surface area contributed by atoms with Crippen LogP contribution in [0.5, 0.6) is 0 Å². The molecule has 3 nitrogen and oxygen atoms in total. The smallest absolute Gasteiger partial charge is 0.353 e. The van der Waals surface area contributed by atoms with Gasteiger partial charge in [0.2, 0.25) is 5.91 Å². The highest BCUT2D eigenvalue weighted by Gasteiger charge is 2.42. The Morgan fingerprint density at radius 1 is 1.36 bits per heavy atom. The number of nitrogens with one attached hydrogen (secondary N) is 2. The van der Waals surface area contributed by atoms with E-state index in [0.29, 0.717) is 0 Å². The van der Waals surface area contributed by atoms with Gasteiger partial charge in [-0.3, -0.25) is 4.79 Å². The summed E-state index contributed by atoms with van der Waals surface area (Å²) in [6, 6.07) is 7.82. The van der Waals surface area contributed by atoms with E-state index in [0.717, 1.165) is 19.4 Å². The summed E-state index contributed by atoms with van der Waals surface area (Å²) >= 11 is 0.